The first-order valence-electron chi connectivity index (χ1n) is 6.47. The van der Waals surface area contributed by atoms with E-state index in [9.17, 15) is 0 Å². The zero-order chi connectivity index (χ0) is 11.9. The molecule has 1 N–H and O–H groups in total. The van der Waals surface area contributed by atoms with E-state index in [1.807, 2.05) is 24.3 Å². The van der Waals surface area contributed by atoms with E-state index in [0.29, 0.717) is 0 Å². The summed E-state index contributed by atoms with van der Waals surface area (Å²) in [6, 6.07) is 8.76. The maximum atomic E-state index is 5.71. The van der Waals surface area contributed by atoms with Gasteiger partial charge < -0.3 is 10.1 Å². The molecule has 1 aliphatic rings. The highest BCUT2D eigenvalue weighted by atomic mass is 79.9. The van der Waals surface area contributed by atoms with Gasteiger partial charge in [0.05, 0.1) is 11.1 Å². The van der Waals surface area contributed by atoms with E-state index in [0.717, 1.165) is 35.8 Å². The molecule has 1 aromatic rings. The van der Waals surface area contributed by atoms with Crippen LogP contribution in [0, 0.1) is 0 Å². The van der Waals surface area contributed by atoms with Crippen LogP contribution in [0.2, 0.25) is 0 Å². The molecular formula is C14H20BrNO. The molecule has 2 nitrogen and oxygen atoms in total. The van der Waals surface area contributed by atoms with Crippen molar-refractivity contribution in [2.75, 3.05) is 13.2 Å². The highest BCUT2D eigenvalue weighted by Crippen LogP contribution is 2.23. The van der Waals surface area contributed by atoms with Crippen LogP contribution in [-0.2, 0) is 0 Å². The SMILES string of the molecule is Brc1ccccc1OCCCNC1CCCC1. The molecule has 0 aliphatic heterocycles. The molecule has 17 heavy (non-hydrogen) atoms. The van der Waals surface area contributed by atoms with Gasteiger partial charge in [0.2, 0.25) is 0 Å². The van der Waals surface area contributed by atoms with Crippen LogP contribution in [0.1, 0.15) is 32.1 Å². The molecule has 1 aromatic carbocycles. The number of ether oxygens (including phenoxy) is 1. The highest BCUT2D eigenvalue weighted by Gasteiger charge is 2.13. The third-order valence-corrected chi connectivity index (χ3v) is 3.86. The molecule has 0 saturated heterocycles. The topological polar surface area (TPSA) is 21.3 Å². The van der Waals surface area contributed by atoms with Crippen molar-refractivity contribution in [1.29, 1.82) is 0 Å². The van der Waals surface area contributed by atoms with E-state index in [2.05, 4.69) is 21.2 Å². The summed E-state index contributed by atoms with van der Waals surface area (Å²) >= 11 is 3.48. The number of hydrogen-bond donors (Lipinski definition) is 1. The Labute approximate surface area is 112 Å². The van der Waals surface area contributed by atoms with Crippen LogP contribution in [0.3, 0.4) is 0 Å². The summed E-state index contributed by atoms with van der Waals surface area (Å²) in [5, 5.41) is 3.59. The molecular weight excluding hydrogens is 278 g/mol. The Morgan fingerprint density at radius 2 is 2.00 bits per heavy atom. The monoisotopic (exact) mass is 297 g/mol. The summed E-state index contributed by atoms with van der Waals surface area (Å²) < 4.78 is 6.75. The second-order valence-corrected chi connectivity index (χ2v) is 5.42. The first kappa shape index (κ1) is 12.9. The van der Waals surface area contributed by atoms with E-state index in [4.69, 9.17) is 4.74 Å². The molecule has 0 atom stereocenters. The molecule has 0 amide bonds. The lowest BCUT2D eigenvalue weighted by Gasteiger charge is -2.12. The van der Waals surface area contributed by atoms with Crippen molar-refractivity contribution in [3.8, 4) is 5.75 Å². The van der Waals surface area contributed by atoms with Gasteiger partial charge >= 0.3 is 0 Å². The third-order valence-electron chi connectivity index (χ3n) is 3.20. The van der Waals surface area contributed by atoms with E-state index in [1.165, 1.54) is 25.7 Å². The van der Waals surface area contributed by atoms with Crippen LogP contribution in [0.5, 0.6) is 5.75 Å². The Hall–Kier alpha value is -0.540. The Kier molecular flexibility index (Phi) is 5.33. The second kappa shape index (κ2) is 7.02. The third kappa shape index (κ3) is 4.32. The summed E-state index contributed by atoms with van der Waals surface area (Å²) in [5.74, 6) is 0.938. The zero-order valence-corrected chi connectivity index (χ0v) is 11.7. The maximum absolute atomic E-state index is 5.71. The lowest BCUT2D eigenvalue weighted by atomic mass is 10.2. The van der Waals surface area contributed by atoms with E-state index >= 15 is 0 Å². The number of hydrogen-bond acceptors (Lipinski definition) is 2. The molecule has 0 heterocycles. The second-order valence-electron chi connectivity index (χ2n) is 4.57. The van der Waals surface area contributed by atoms with Crippen molar-refractivity contribution in [2.24, 2.45) is 0 Å². The highest BCUT2D eigenvalue weighted by molar-refractivity contribution is 9.10. The predicted octanol–water partition coefficient (Wildman–Crippen LogP) is 3.75. The zero-order valence-electron chi connectivity index (χ0n) is 10.1. The first-order chi connectivity index (χ1) is 8.36. The minimum atomic E-state index is 0.762. The molecule has 94 valence electrons. The molecule has 0 aromatic heterocycles. The van der Waals surface area contributed by atoms with Gasteiger partial charge in [0.25, 0.3) is 0 Å². The molecule has 3 heteroatoms. The fraction of sp³-hybridized carbons (Fsp3) is 0.571. The number of para-hydroxylation sites is 1. The molecule has 0 spiro atoms. The van der Waals surface area contributed by atoms with Crippen LogP contribution in [0.25, 0.3) is 0 Å². The van der Waals surface area contributed by atoms with Gasteiger partial charge in [-0.3, -0.25) is 0 Å². The van der Waals surface area contributed by atoms with Gasteiger partial charge in [0.15, 0.2) is 0 Å². The molecule has 1 fully saturated rings. The van der Waals surface area contributed by atoms with Gasteiger partial charge in [0, 0.05) is 6.04 Å². The van der Waals surface area contributed by atoms with E-state index in [1.54, 1.807) is 0 Å². The van der Waals surface area contributed by atoms with Gasteiger partial charge in [-0.05, 0) is 53.9 Å². The van der Waals surface area contributed by atoms with Gasteiger partial charge in [-0.15, -0.1) is 0 Å². The number of rotatable bonds is 6. The molecule has 1 aliphatic carbocycles. The van der Waals surface area contributed by atoms with Crippen molar-refractivity contribution < 1.29 is 4.74 Å². The van der Waals surface area contributed by atoms with Crippen molar-refractivity contribution in [3.63, 3.8) is 0 Å². The summed E-state index contributed by atoms with van der Waals surface area (Å²) in [7, 11) is 0. The fourth-order valence-corrected chi connectivity index (χ4v) is 2.65. The van der Waals surface area contributed by atoms with Gasteiger partial charge in [-0.1, -0.05) is 25.0 Å². The Morgan fingerprint density at radius 1 is 1.24 bits per heavy atom. The molecule has 0 radical (unpaired) electrons. The number of nitrogens with one attached hydrogen (secondary N) is 1. The van der Waals surface area contributed by atoms with Crippen LogP contribution < -0.4 is 10.1 Å². The van der Waals surface area contributed by atoms with E-state index in [-0.39, 0.29) is 0 Å². The van der Waals surface area contributed by atoms with Gasteiger partial charge in [-0.25, -0.2) is 0 Å². The number of halogens is 1. The summed E-state index contributed by atoms with van der Waals surface area (Å²) in [4.78, 5) is 0. The minimum absolute atomic E-state index is 0.762. The summed E-state index contributed by atoms with van der Waals surface area (Å²) in [6.07, 6.45) is 6.56. The average molecular weight is 298 g/mol. The lowest BCUT2D eigenvalue weighted by Crippen LogP contribution is -2.27. The molecule has 2 rings (SSSR count). The maximum Gasteiger partial charge on any atom is 0.133 e. The van der Waals surface area contributed by atoms with Crippen molar-refractivity contribution in [3.05, 3.63) is 28.7 Å². The summed E-state index contributed by atoms with van der Waals surface area (Å²) in [5.41, 5.74) is 0. The van der Waals surface area contributed by atoms with Crippen molar-refractivity contribution in [2.45, 2.75) is 38.1 Å². The number of benzene rings is 1. The van der Waals surface area contributed by atoms with Crippen LogP contribution in [0.15, 0.2) is 28.7 Å². The average Bonchev–Trinajstić information content (AvgIpc) is 2.84. The quantitative estimate of drug-likeness (QED) is 0.808. The van der Waals surface area contributed by atoms with Crippen LogP contribution >= 0.6 is 15.9 Å². The van der Waals surface area contributed by atoms with Gasteiger partial charge in [-0.2, -0.15) is 0 Å². The van der Waals surface area contributed by atoms with Gasteiger partial charge in [0.1, 0.15) is 5.75 Å². The van der Waals surface area contributed by atoms with Crippen molar-refractivity contribution >= 4 is 15.9 Å². The Bertz CT molecular complexity index is 337. The standard InChI is InChI=1S/C14H20BrNO/c15-13-8-3-4-9-14(13)17-11-5-10-16-12-6-1-2-7-12/h3-4,8-9,12,16H,1-2,5-7,10-11H2. The Morgan fingerprint density at radius 3 is 2.76 bits per heavy atom. The predicted molar refractivity (Wildman–Crippen MR) is 74.5 cm³/mol. The largest absolute Gasteiger partial charge is 0.492 e. The molecule has 1 saturated carbocycles. The lowest BCUT2D eigenvalue weighted by molar-refractivity contribution is 0.303. The summed E-state index contributed by atoms with van der Waals surface area (Å²) in [6.45, 7) is 1.84. The fourth-order valence-electron chi connectivity index (χ4n) is 2.25. The normalized spacial score (nSPS) is 16.3. The minimum Gasteiger partial charge on any atom is -0.492 e. The smallest absolute Gasteiger partial charge is 0.133 e. The van der Waals surface area contributed by atoms with Crippen molar-refractivity contribution in [1.82, 2.24) is 5.32 Å². The first-order valence-corrected chi connectivity index (χ1v) is 7.26. The van der Waals surface area contributed by atoms with Crippen LogP contribution in [0.4, 0.5) is 0 Å². The molecule has 0 unspecified atom stereocenters. The van der Waals surface area contributed by atoms with E-state index < -0.39 is 0 Å². The Balaban J connectivity index is 1.58. The van der Waals surface area contributed by atoms with Crippen LogP contribution in [-0.4, -0.2) is 19.2 Å². The molecule has 0 bridgehead atoms.